The molecule has 0 aromatic rings. The van der Waals surface area contributed by atoms with Crippen molar-refractivity contribution in [1.29, 1.82) is 0 Å². The topological polar surface area (TPSA) is 41.7 Å². The fourth-order valence-corrected chi connectivity index (χ4v) is 7.23. The van der Waals surface area contributed by atoms with Gasteiger partial charge in [0.2, 0.25) is 0 Å². The Morgan fingerprint density at radius 3 is 1.56 bits per heavy atom. The normalized spacial score (nSPS) is 17.3. The summed E-state index contributed by atoms with van der Waals surface area (Å²) in [5, 5.41) is -0.327. The first kappa shape index (κ1) is 18.1. The summed E-state index contributed by atoms with van der Waals surface area (Å²) in [6, 6.07) is 0. The van der Waals surface area contributed by atoms with Gasteiger partial charge in [0.1, 0.15) is 0 Å². The zero-order chi connectivity index (χ0) is 14.8. The molecular weight excluding hydrogens is 242 g/mol. The number of nitrogens with two attached hydrogens (primary N) is 1. The van der Waals surface area contributed by atoms with Crippen molar-refractivity contribution in [3.63, 3.8) is 0 Å². The van der Waals surface area contributed by atoms with Gasteiger partial charge in [0.15, 0.2) is 0 Å². The molecular formula is C13H33N3OSi. The van der Waals surface area contributed by atoms with Crippen molar-refractivity contribution >= 4 is 8.64 Å². The zero-order valence-corrected chi connectivity index (χ0v) is 14.8. The van der Waals surface area contributed by atoms with E-state index in [1.165, 1.54) is 0 Å². The maximum absolute atomic E-state index is 6.62. The lowest BCUT2D eigenvalue weighted by Crippen LogP contribution is -2.80. The van der Waals surface area contributed by atoms with Gasteiger partial charge in [-0.2, -0.15) is 0 Å². The summed E-state index contributed by atoms with van der Waals surface area (Å²) in [6.07, 6.45) is 1.87. The Morgan fingerprint density at radius 2 is 1.33 bits per heavy atom. The molecule has 0 heterocycles. The van der Waals surface area contributed by atoms with Crippen LogP contribution in [-0.2, 0) is 4.43 Å². The van der Waals surface area contributed by atoms with Gasteiger partial charge in [0, 0.05) is 0 Å². The molecule has 0 amide bonds. The first-order valence-electron chi connectivity index (χ1n) is 6.80. The minimum atomic E-state index is -2.39. The maximum Gasteiger partial charge on any atom is 0.377 e. The lowest BCUT2D eigenvalue weighted by Gasteiger charge is -2.53. The summed E-state index contributed by atoms with van der Waals surface area (Å²) in [4.78, 5) is 0. The van der Waals surface area contributed by atoms with Crippen LogP contribution in [0, 0.1) is 0 Å². The third-order valence-corrected chi connectivity index (χ3v) is 9.06. The third kappa shape index (κ3) is 3.33. The van der Waals surface area contributed by atoms with E-state index in [0.29, 0.717) is 0 Å². The van der Waals surface area contributed by atoms with E-state index in [-0.39, 0.29) is 10.8 Å². The molecule has 0 bridgehead atoms. The van der Waals surface area contributed by atoms with Crippen LogP contribution in [0.25, 0.3) is 0 Å². The summed E-state index contributed by atoms with van der Waals surface area (Å²) in [5.41, 5.74) is 6.46. The van der Waals surface area contributed by atoms with Gasteiger partial charge in [-0.15, -0.1) is 0 Å². The van der Waals surface area contributed by atoms with Gasteiger partial charge < -0.3 is 10.2 Å². The Hall–Kier alpha value is 0.0569. The number of hydrogen-bond acceptors (Lipinski definition) is 4. The average Bonchev–Trinajstić information content (AvgIpc) is 2.24. The highest BCUT2D eigenvalue weighted by Gasteiger charge is 2.57. The van der Waals surface area contributed by atoms with E-state index in [9.17, 15) is 0 Å². The lowest BCUT2D eigenvalue weighted by molar-refractivity contribution is 0.0428. The predicted octanol–water partition coefficient (Wildman–Crippen LogP) is 1.92. The molecule has 0 spiro atoms. The molecule has 0 saturated carbocycles. The van der Waals surface area contributed by atoms with E-state index < -0.39 is 8.64 Å². The Bertz CT molecular complexity index is 257. The average molecular weight is 276 g/mol. The second-order valence-corrected chi connectivity index (χ2v) is 10.7. The molecule has 0 fully saturated rings. The van der Waals surface area contributed by atoms with Crippen LogP contribution in [-0.4, -0.2) is 56.7 Å². The lowest BCUT2D eigenvalue weighted by atomic mass is 10.1. The fourth-order valence-electron chi connectivity index (χ4n) is 2.41. The van der Waals surface area contributed by atoms with Crippen molar-refractivity contribution in [2.45, 2.75) is 58.2 Å². The minimum Gasteiger partial charge on any atom is -0.385 e. The van der Waals surface area contributed by atoms with Crippen LogP contribution >= 0.6 is 0 Å². The van der Waals surface area contributed by atoms with Gasteiger partial charge in [-0.05, 0) is 61.8 Å². The van der Waals surface area contributed by atoms with Gasteiger partial charge in [-0.1, -0.05) is 13.8 Å². The monoisotopic (exact) mass is 275 g/mol. The van der Waals surface area contributed by atoms with Crippen LogP contribution in [0.15, 0.2) is 0 Å². The zero-order valence-electron chi connectivity index (χ0n) is 13.8. The molecule has 1 unspecified atom stereocenters. The highest BCUT2D eigenvalue weighted by molar-refractivity contribution is 6.71. The maximum atomic E-state index is 6.62. The van der Waals surface area contributed by atoms with Gasteiger partial charge in [-0.25, -0.2) is 0 Å². The Labute approximate surface area is 115 Å². The third-order valence-electron chi connectivity index (χ3n) is 3.96. The Balaban J connectivity index is 5.67. The smallest absolute Gasteiger partial charge is 0.377 e. The molecule has 2 N–H and O–H groups in total. The molecule has 0 rings (SSSR count). The molecule has 0 aliphatic carbocycles. The number of nitrogens with zero attached hydrogens (tertiary/aromatic N) is 2. The number of hydrogen-bond donors (Lipinski definition) is 1. The fraction of sp³-hybridized carbons (Fsp3) is 1.00. The SMILES string of the molecule is CCC(C)(C)O[Si](N(C)C)(N(C)C)C(C)(N)CC. The molecule has 0 aromatic carbocycles. The van der Waals surface area contributed by atoms with E-state index in [1.807, 2.05) is 0 Å². The number of rotatable bonds is 7. The van der Waals surface area contributed by atoms with E-state index in [4.69, 9.17) is 10.2 Å². The van der Waals surface area contributed by atoms with Crippen molar-refractivity contribution in [3.05, 3.63) is 0 Å². The molecule has 18 heavy (non-hydrogen) atoms. The second-order valence-electron chi connectivity index (χ2n) is 6.38. The van der Waals surface area contributed by atoms with Crippen LogP contribution in [0.1, 0.15) is 47.5 Å². The summed E-state index contributed by atoms with van der Waals surface area (Å²) in [5.74, 6) is 0. The van der Waals surface area contributed by atoms with E-state index >= 15 is 0 Å². The van der Waals surface area contributed by atoms with Crippen LogP contribution in [0.2, 0.25) is 0 Å². The standard InChI is InChI=1S/C13H33N3OSi/c1-10-12(3,4)17-18(15(6)7,16(8)9)13(5,14)11-2/h10-11,14H2,1-9H3. The quantitative estimate of drug-likeness (QED) is 0.721. The molecule has 0 saturated heterocycles. The predicted molar refractivity (Wildman–Crippen MR) is 81.5 cm³/mol. The molecule has 0 aromatic heterocycles. The molecule has 4 nitrogen and oxygen atoms in total. The summed E-state index contributed by atoms with van der Waals surface area (Å²) in [7, 11) is 5.94. The Kier molecular flexibility index (Phi) is 6.03. The molecule has 0 radical (unpaired) electrons. The summed E-state index contributed by atoms with van der Waals surface area (Å²) >= 11 is 0. The van der Waals surface area contributed by atoms with Crippen molar-refractivity contribution in [1.82, 2.24) is 9.13 Å². The molecule has 0 aliphatic rings. The largest absolute Gasteiger partial charge is 0.385 e. The van der Waals surface area contributed by atoms with E-state index in [0.717, 1.165) is 12.8 Å². The van der Waals surface area contributed by atoms with Crippen LogP contribution in [0.5, 0.6) is 0 Å². The van der Waals surface area contributed by atoms with Crippen molar-refractivity contribution in [2.24, 2.45) is 5.73 Å². The van der Waals surface area contributed by atoms with Crippen molar-refractivity contribution < 1.29 is 4.43 Å². The van der Waals surface area contributed by atoms with E-state index in [1.54, 1.807) is 0 Å². The van der Waals surface area contributed by atoms with Crippen molar-refractivity contribution in [3.8, 4) is 0 Å². The highest BCUT2D eigenvalue weighted by atomic mass is 28.4. The second kappa shape index (κ2) is 6.01. The van der Waals surface area contributed by atoms with Crippen LogP contribution < -0.4 is 5.73 Å². The summed E-state index contributed by atoms with van der Waals surface area (Å²) in [6.45, 7) is 10.7. The molecule has 110 valence electrons. The van der Waals surface area contributed by atoms with Crippen molar-refractivity contribution in [2.75, 3.05) is 28.2 Å². The minimum absolute atomic E-state index is 0.156. The van der Waals surface area contributed by atoms with Gasteiger partial charge in [0.05, 0.1) is 10.8 Å². The van der Waals surface area contributed by atoms with Gasteiger partial charge >= 0.3 is 8.64 Å². The first-order valence-corrected chi connectivity index (χ1v) is 8.61. The Morgan fingerprint density at radius 1 is 0.944 bits per heavy atom. The summed E-state index contributed by atoms with van der Waals surface area (Å²) < 4.78 is 11.1. The molecule has 1 atom stereocenters. The van der Waals surface area contributed by atoms with Crippen LogP contribution in [0.3, 0.4) is 0 Å². The molecule has 5 heteroatoms. The first-order chi connectivity index (χ1) is 7.97. The molecule has 0 aliphatic heterocycles. The van der Waals surface area contributed by atoms with Gasteiger partial charge in [0.25, 0.3) is 0 Å². The van der Waals surface area contributed by atoms with Gasteiger partial charge in [-0.3, -0.25) is 9.13 Å². The highest BCUT2D eigenvalue weighted by Crippen LogP contribution is 2.32. The van der Waals surface area contributed by atoms with E-state index in [2.05, 4.69) is 71.9 Å². The van der Waals surface area contributed by atoms with Crippen LogP contribution in [0.4, 0.5) is 0 Å².